The minimum atomic E-state index is 0.0991. The predicted molar refractivity (Wildman–Crippen MR) is 112 cm³/mol. The van der Waals surface area contributed by atoms with Crippen LogP contribution in [0.4, 0.5) is 0 Å². The highest BCUT2D eigenvalue weighted by Gasteiger charge is 2.65. The summed E-state index contributed by atoms with van der Waals surface area (Å²) in [5, 5.41) is 13.5. The van der Waals surface area contributed by atoms with E-state index >= 15 is 0 Å². The van der Waals surface area contributed by atoms with Gasteiger partial charge in [0.1, 0.15) is 5.01 Å². The molecule has 0 aliphatic carbocycles. The van der Waals surface area contributed by atoms with Crippen molar-refractivity contribution in [2.45, 2.75) is 30.6 Å². The van der Waals surface area contributed by atoms with Gasteiger partial charge in [-0.05, 0) is 11.1 Å². The van der Waals surface area contributed by atoms with Crippen LogP contribution < -0.4 is 0 Å². The highest BCUT2D eigenvalue weighted by molar-refractivity contribution is 7.09. The van der Waals surface area contributed by atoms with E-state index in [0.717, 1.165) is 26.2 Å². The molecule has 2 atom stereocenters. The maximum Gasteiger partial charge on any atom is 0.107 e. The molecule has 2 aromatic carbocycles. The van der Waals surface area contributed by atoms with Crippen LogP contribution in [0, 0.1) is 0 Å². The monoisotopic (exact) mass is 391 g/mol. The summed E-state index contributed by atoms with van der Waals surface area (Å²) < 4.78 is 0. The second-order valence-corrected chi connectivity index (χ2v) is 8.91. The lowest BCUT2D eigenvalue weighted by Crippen LogP contribution is -2.83. The second kappa shape index (κ2) is 7.41. The Labute approximate surface area is 170 Å². The van der Waals surface area contributed by atoms with E-state index in [2.05, 4.69) is 75.4 Å². The van der Waals surface area contributed by atoms with Crippen molar-refractivity contribution in [2.24, 2.45) is 0 Å². The molecule has 3 aromatic rings. The first-order chi connectivity index (χ1) is 13.8. The number of nitrogens with zero attached hydrogens (tertiary/aromatic N) is 3. The molecule has 2 aliphatic rings. The van der Waals surface area contributed by atoms with Gasteiger partial charge in [-0.1, -0.05) is 60.7 Å². The number of rotatable bonds is 6. The zero-order chi connectivity index (χ0) is 19.0. The van der Waals surface area contributed by atoms with E-state index < -0.39 is 0 Å². The third kappa shape index (κ3) is 2.99. The summed E-state index contributed by atoms with van der Waals surface area (Å²) >= 11 is 1.73. The van der Waals surface area contributed by atoms with Crippen LogP contribution in [-0.4, -0.2) is 51.2 Å². The van der Waals surface area contributed by atoms with E-state index in [1.165, 1.54) is 16.1 Å². The summed E-state index contributed by atoms with van der Waals surface area (Å²) in [4.78, 5) is 9.47. The van der Waals surface area contributed by atoms with Crippen molar-refractivity contribution in [3.8, 4) is 0 Å². The van der Waals surface area contributed by atoms with Gasteiger partial charge in [0.05, 0.1) is 18.7 Å². The number of thiazole rings is 1. The van der Waals surface area contributed by atoms with Crippen molar-refractivity contribution >= 4 is 11.3 Å². The van der Waals surface area contributed by atoms with Crippen LogP contribution in [0.25, 0.3) is 0 Å². The molecule has 2 aliphatic heterocycles. The number of aliphatic hydroxyl groups excluding tert-OH is 1. The van der Waals surface area contributed by atoms with Gasteiger partial charge in [0.25, 0.3) is 0 Å². The van der Waals surface area contributed by atoms with Crippen LogP contribution in [0.3, 0.4) is 0 Å². The quantitative estimate of drug-likeness (QED) is 0.699. The Morgan fingerprint density at radius 3 is 2.36 bits per heavy atom. The molecule has 0 bridgehead atoms. The maximum absolute atomic E-state index is 10.2. The molecule has 0 amide bonds. The molecule has 1 N–H and O–H groups in total. The summed E-state index contributed by atoms with van der Waals surface area (Å²) in [6, 6.07) is 21.5. The number of hydrogen-bond acceptors (Lipinski definition) is 5. The van der Waals surface area contributed by atoms with Crippen molar-refractivity contribution in [3.63, 3.8) is 0 Å². The van der Waals surface area contributed by atoms with Gasteiger partial charge in [-0.25, -0.2) is 4.98 Å². The first-order valence-electron chi connectivity index (χ1n) is 9.87. The molecule has 1 spiro atoms. The van der Waals surface area contributed by atoms with Crippen LogP contribution in [0.5, 0.6) is 0 Å². The van der Waals surface area contributed by atoms with Gasteiger partial charge < -0.3 is 5.11 Å². The lowest BCUT2D eigenvalue weighted by atomic mass is 9.60. The average Bonchev–Trinajstić information content (AvgIpc) is 3.21. The topological polar surface area (TPSA) is 39.6 Å². The fraction of sp³-hybridized carbons (Fsp3) is 0.348. The Balaban J connectivity index is 1.41. The van der Waals surface area contributed by atoms with Crippen molar-refractivity contribution in [3.05, 3.63) is 88.4 Å². The molecule has 5 rings (SSSR count). The lowest BCUT2D eigenvalue weighted by molar-refractivity contribution is -0.197. The molecule has 2 saturated heterocycles. The number of likely N-dealkylation sites (tertiary alicyclic amines) is 2. The summed E-state index contributed by atoms with van der Waals surface area (Å²) in [6.45, 7) is 4.05. The number of hydrogen-bond donors (Lipinski definition) is 1. The predicted octanol–water partition coefficient (Wildman–Crippen LogP) is 3.36. The average molecular weight is 392 g/mol. The molecule has 5 heteroatoms. The van der Waals surface area contributed by atoms with E-state index in [1.54, 1.807) is 11.3 Å². The molecule has 0 radical (unpaired) electrons. The van der Waals surface area contributed by atoms with Crippen molar-refractivity contribution in [1.29, 1.82) is 0 Å². The zero-order valence-corrected chi connectivity index (χ0v) is 16.6. The number of benzene rings is 2. The van der Waals surface area contributed by atoms with Gasteiger partial charge in [0.15, 0.2) is 0 Å². The smallest absolute Gasteiger partial charge is 0.107 e. The van der Waals surface area contributed by atoms with E-state index in [0.29, 0.717) is 5.92 Å². The minimum absolute atomic E-state index is 0.0991. The Kier molecular flexibility index (Phi) is 4.77. The summed E-state index contributed by atoms with van der Waals surface area (Å²) in [5.74, 6) is 0.370. The van der Waals surface area contributed by atoms with Gasteiger partial charge in [-0.2, -0.15) is 0 Å². The molecule has 0 unspecified atom stereocenters. The van der Waals surface area contributed by atoms with Crippen molar-refractivity contribution in [1.82, 2.24) is 14.8 Å². The fourth-order valence-corrected chi connectivity index (χ4v) is 5.81. The van der Waals surface area contributed by atoms with Gasteiger partial charge in [-0.15, -0.1) is 11.3 Å². The molecule has 1 aromatic heterocycles. The molecule has 4 nitrogen and oxygen atoms in total. The van der Waals surface area contributed by atoms with Crippen LogP contribution >= 0.6 is 11.3 Å². The molecular formula is C23H25N3OS. The second-order valence-electron chi connectivity index (χ2n) is 7.93. The maximum atomic E-state index is 10.2. The highest BCUT2D eigenvalue weighted by Crippen LogP contribution is 2.54. The third-order valence-corrected chi connectivity index (χ3v) is 7.08. The Morgan fingerprint density at radius 1 is 1.00 bits per heavy atom. The third-order valence-electron chi connectivity index (χ3n) is 6.31. The van der Waals surface area contributed by atoms with Crippen molar-refractivity contribution in [2.75, 3.05) is 19.7 Å². The van der Waals surface area contributed by atoms with Crippen LogP contribution in [-0.2, 0) is 13.1 Å². The SMILES string of the molecule is OC[C@@H]1[C@@H](c2ccccc2)C2(CN(Cc3nccs3)C2)N1Cc1ccccc1. The van der Waals surface area contributed by atoms with E-state index in [-0.39, 0.29) is 18.2 Å². The van der Waals surface area contributed by atoms with E-state index in [4.69, 9.17) is 0 Å². The van der Waals surface area contributed by atoms with Crippen molar-refractivity contribution < 1.29 is 5.11 Å². The number of aromatic nitrogens is 1. The molecule has 3 heterocycles. The van der Waals surface area contributed by atoms with Gasteiger partial charge in [0.2, 0.25) is 0 Å². The van der Waals surface area contributed by atoms with Gasteiger partial charge in [-0.3, -0.25) is 9.80 Å². The van der Waals surface area contributed by atoms with Gasteiger partial charge >= 0.3 is 0 Å². The zero-order valence-electron chi connectivity index (χ0n) is 15.8. The molecule has 0 saturated carbocycles. The van der Waals surface area contributed by atoms with Gasteiger partial charge in [0, 0.05) is 43.2 Å². The Hall–Kier alpha value is -2.05. The summed E-state index contributed by atoms with van der Waals surface area (Å²) in [6.07, 6.45) is 1.88. The highest BCUT2D eigenvalue weighted by atomic mass is 32.1. The van der Waals surface area contributed by atoms with Crippen LogP contribution in [0.2, 0.25) is 0 Å². The Morgan fingerprint density at radius 2 is 1.71 bits per heavy atom. The normalized spacial score (nSPS) is 24.0. The largest absolute Gasteiger partial charge is 0.395 e. The Bertz CT molecular complexity index is 894. The van der Waals surface area contributed by atoms with E-state index in [1.807, 2.05) is 11.6 Å². The first kappa shape index (κ1) is 18.0. The van der Waals surface area contributed by atoms with E-state index in [9.17, 15) is 5.11 Å². The lowest BCUT2D eigenvalue weighted by Gasteiger charge is -2.71. The fourth-order valence-electron chi connectivity index (χ4n) is 5.16. The molecular weight excluding hydrogens is 366 g/mol. The van der Waals surface area contributed by atoms with Crippen LogP contribution in [0.1, 0.15) is 22.1 Å². The summed E-state index contributed by atoms with van der Waals surface area (Å²) in [7, 11) is 0. The first-order valence-corrected chi connectivity index (χ1v) is 10.8. The van der Waals surface area contributed by atoms with Crippen LogP contribution in [0.15, 0.2) is 72.2 Å². The molecule has 28 heavy (non-hydrogen) atoms. The minimum Gasteiger partial charge on any atom is -0.395 e. The standard InChI is InChI=1S/C23H25N3OS/c27-15-20-22(19-9-5-2-6-10-19)23(26(20)13-18-7-3-1-4-8-18)16-25(17-23)14-21-24-11-12-28-21/h1-12,20,22,27H,13-17H2/t20-,22-/m1/s1. The molecule has 144 valence electrons. The summed E-state index contributed by atoms with van der Waals surface area (Å²) in [5.41, 5.74) is 2.76. The molecule has 2 fully saturated rings. The number of aliphatic hydroxyl groups is 1.